The van der Waals surface area contributed by atoms with Gasteiger partial charge in [-0.2, -0.15) is 0 Å². The molecule has 1 saturated carbocycles. The second kappa shape index (κ2) is 2.68. The van der Waals surface area contributed by atoms with Gasteiger partial charge in [0.05, 0.1) is 0 Å². The quantitative estimate of drug-likeness (QED) is 0.545. The van der Waals surface area contributed by atoms with Crippen molar-refractivity contribution < 1.29 is 0 Å². The Morgan fingerprint density at radius 3 is 2.30 bits per heavy atom. The summed E-state index contributed by atoms with van der Waals surface area (Å²) < 4.78 is 0. The van der Waals surface area contributed by atoms with Crippen LogP contribution >= 0.6 is 12.4 Å². The molecule has 3 N–H and O–H groups in total. The predicted molar refractivity (Wildman–Crippen MR) is 44.4 cm³/mol. The minimum atomic E-state index is 0. The fraction of sp³-hybridized carbons (Fsp3) is 1.00. The third-order valence-corrected chi connectivity index (χ3v) is 2.74. The highest BCUT2D eigenvalue weighted by molar-refractivity contribution is 5.85. The molecule has 2 rings (SSSR count). The number of hydrogen-bond donors (Lipinski definition) is 2. The highest BCUT2D eigenvalue weighted by Gasteiger charge is 2.42. The third kappa shape index (κ3) is 1.16. The zero-order chi connectivity index (χ0) is 6.32. The van der Waals surface area contributed by atoms with Gasteiger partial charge in [-0.25, -0.2) is 0 Å². The molecule has 0 amide bonds. The van der Waals surface area contributed by atoms with Crippen LogP contribution < -0.4 is 11.1 Å². The summed E-state index contributed by atoms with van der Waals surface area (Å²) in [4.78, 5) is 0. The second-order valence-corrected chi connectivity index (χ2v) is 3.61. The molecule has 1 aliphatic carbocycles. The lowest BCUT2D eigenvalue weighted by Gasteiger charge is -2.39. The molecule has 1 saturated heterocycles. The molecule has 10 heavy (non-hydrogen) atoms. The normalized spacial score (nSPS) is 35.1. The van der Waals surface area contributed by atoms with Crippen molar-refractivity contribution in [2.75, 3.05) is 13.1 Å². The number of nitrogens with one attached hydrogen (secondary N) is 1. The van der Waals surface area contributed by atoms with Crippen molar-refractivity contribution in [3.8, 4) is 0 Å². The third-order valence-electron chi connectivity index (χ3n) is 2.74. The minimum absolute atomic E-state index is 0. The zero-order valence-electron chi connectivity index (χ0n) is 6.10. The fourth-order valence-electron chi connectivity index (χ4n) is 2.05. The van der Waals surface area contributed by atoms with Gasteiger partial charge in [-0.15, -0.1) is 12.4 Å². The van der Waals surface area contributed by atoms with E-state index in [-0.39, 0.29) is 12.4 Å². The smallest absolute Gasteiger partial charge is 0.00452 e. The van der Waals surface area contributed by atoms with Gasteiger partial charge in [0, 0.05) is 19.1 Å². The highest BCUT2D eigenvalue weighted by Crippen LogP contribution is 2.40. The lowest BCUT2D eigenvalue weighted by atomic mass is 9.80. The van der Waals surface area contributed by atoms with E-state index in [0.717, 1.165) is 0 Å². The van der Waals surface area contributed by atoms with E-state index in [1.807, 2.05) is 0 Å². The Hall–Kier alpha value is 0.210. The van der Waals surface area contributed by atoms with Crippen molar-refractivity contribution >= 4 is 12.4 Å². The average Bonchev–Trinajstić information content (AvgIpc) is 2.09. The molecule has 0 radical (unpaired) electrons. The molecule has 2 aliphatic rings. The van der Waals surface area contributed by atoms with E-state index in [1.165, 1.54) is 32.4 Å². The molecule has 0 aromatic heterocycles. The predicted octanol–water partition coefficient (Wildman–Crippen LogP) is 0.509. The Balaban J connectivity index is 0.000000500. The summed E-state index contributed by atoms with van der Waals surface area (Å²) in [5.41, 5.74) is 6.44. The minimum Gasteiger partial charge on any atom is -0.328 e. The van der Waals surface area contributed by atoms with E-state index >= 15 is 0 Å². The lowest BCUT2D eigenvalue weighted by molar-refractivity contribution is 0.175. The Labute approximate surface area is 68.0 Å². The van der Waals surface area contributed by atoms with Crippen LogP contribution in [0, 0.1) is 5.41 Å². The van der Waals surface area contributed by atoms with Gasteiger partial charge >= 0.3 is 0 Å². The van der Waals surface area contributed by atoms with Crippen LogP contribution in [0.4, 0.5) is 0 Å². The van der Waals surface area contributed by atoms with Crippen molar-refractivity contribution in [1.82, 2.24) is 5.32 Å². The standard InChI is InChI=1S/C7H14N2.ClH/c8-6-1-2-7(3-6)4-9-5-7;/h6,9H,1-5,8H2;1H. The first-order chi connectivity index (χ1) is 4.31. The lowest BCUT2D eigenvalue weighted by Crippen LogP contribution is -2.52. The SMILES string of the molecule is Cl.NC1CCC2(CNC2)C1. The Bertz CT molecular complexity index is 123. The second-order valence-electron chi connectivity index (χ2n) is 3.61. The maximum Gasteiger partial charge on any atom is 0.00452 e. The van der Waals surface area contributed by atoms with E-state index in [0.29, 0.717) is 11.5 Å². The van der Waals surface area contributed by atoms with Gasteiger partial charge in [0.25, 0.3) is 0 Å². The van der Waals surface area contributed by atoms with Gasteiger partial charge in [-0.3, -0.25) is 0 Å². The first-order valence-corrected chi connectivity index (χ1v) is 3.77. The summed E-state index contributed by atoms with van der Waals surface area (Å²) in [5.74, 6) is 0. The molecular formula is C7H15ClN2. The number of nitrogens with two attached hydrogens (primary N) is 1. The molecule has 3 heteroatoms. The maximum atomic E-state index is 5.79. The van der Waals surface area contributed by atoms with Crippen molar-refractivity contribution in [1.29, 1.82) is 0 Å². The number of halogens is 1. The average molecular weight is 163 g/mol. The molecule has 2 fully saturated rings. The van der Waals surface area contributed by atoms with Crippen LogP contribution in [0.5, 0.6) is 0 Å². The summed E-state index contributed by atoms with van der Waals surface area (Å²) in [6.45, 7) is 2.45. The van der Waals surface area contributed by atoms with Crippen LogP contribution in [-0.2, 0) is 0 Å². The molecule has 60 valence electrons. The molecule has 1 spiro atoms. The van der Waals surface area contributed by atoms with Crippen molar-refractivity contribution in [2.45, 2.75) is 25.3 Å². The Kier molecular flexibility index (Phi) is 2.23. The van der Waals surface area contributed by atoms with Crippen molar-refractivity contribution in [3.63, 3.8) is 0 Å². The summed E-state index contributed by atoms with van der Waals surface area (Å²) in [6.07, 6.45) is 3.88. The van der Waals surface area contributed by atoms with Gasteiger partial charge in [0.2, 0.25) is 0 Å². The fourth-order valence-corrected chi connectivity index (χ4v) is 2.05. The van der Waals surface area contributed by atoms with Crippen molar-refractivity contribution in [3.05, 3.63) is 0 Å². The molecule has 1 heterocycles. The summed E-state index contributed by atoms with van der Waals surface area (Å²) in [6, 6.07) is 0.507. The number of rotatable bonds is 0. The molecule has 1 aliphatic heterocycles. The Morgan fingerprint density at radius 1 is 1.40 bits per heavy atom. The first-order valence-electron chi connectivity index (χ1n) is 3.77. The van der Waals surface area contributed by atoms with E-state index < -0.39 is 0 Å². The van der Waals surface area contributed by atoms with Gasteiger partial charge in [-0.05, 0) is 24.7 Å². The molecule has 0 aromatic rings. The maximum absolute atomic E-state index is 5.79. The molecular weight excluding hydrogens is 148 g/mol. The van der Waals surface area contributed by atoms with Crippen LogP contribution in [0.1, 0.15) is 19.3 Å². The topological polar surface area (TPSA) is 38.0 Å². The molecule has 1 unspecified atom stereocenters. The molecule has 2 nitrogen and oxygen atoms in total. The van der Waals surface area contributed by atoms with Gasteiger partial charge in [0.1, 0.15) is 0 Å². The van der Waals surface area contributed by atoms with E-state index in [9.17, 15) is 0 Å². The summed E-state index contributed by atoms with van der Waals surface area (Å²) in [7, 11) is 0. The van der Waals surface area contributed by atoms with Crippen LogP contribution in [0.15, 0.2) is 0 Å². The van der Waals surface area contributed by atoms with Gasteiger partial charge in [-0.1, -0.05) is 0 Å². The molecule has 1 atom stereocenters. The monoisotopic (exact) mass is 162 g/mol. The zero-order valence-corrected chi connectivity index (χ0v) is 6.91. The van der Waals surface area contributed by atoms with E-state index in [4.69, 9.17) is 5.73 Å². The van der Waals surface area contributed by atoms with Crippen LogP contribution in [0.3, 0.4) is 0 Å². The first kappa shape index (κ1) is 8.31. The van der Waals surface area contributed by atoms with Crippen LogP contribution in [0.25, 0.3) is 0 Å². The van der Waals surface area contributed by atoms with E-state index in [1.54, 1.807) is 0 Å². The largest absolute Gasteiger partial charge is 0.328 e. The molecule has 0 bridgehead atoms. The summed E-state index contributed by atoms with van der Waals surface area (Å²) in [5, 5.41) is 3.31. The summed E-state index contributed by atoms with van der Waals surface area (Å²) >= 11 is 0. The van der Waals surface area contributed by atoms with E-state index in [2.05, 4.69) is 5.32 Å². The number of hydrogen-bond acceptors (Lipinski definition) is 2. The van der Waals surface area contributed by atoms with Crippen LogP contribution in [-0.4, -0.2) is 19.1 Å². The van der Waals surface area contributed by atoms with Crippen LogP contribution in [0.2, 0.25) is 0 Å². The molecule has 0 aromatic carbocycles. The van der Waals surface area contributed by atoms with Crippen molar-refractivity contribution in [2.24, 2.45) is 11.1 Å². The highest BCUT2D eigenvalue weighted by atomic mass is 35.5. The van der Waals surface area contributed by atoms with Gasteiger partial charge < -0.3 is 11.1 Å². The Morgan fingerprint density at radius 2 is 2.10 bits per heavy atom. The van der Waals surface area contributed by atoms with Gasteiger partial charge in [0.15, 0.2) is 0 Å².